The molecule has 0 radical (unpaired) electrons. The van der Waals surface area contributed by atoms with E-state index in [0.29, 0.717) is 0 Å². The van der Waals surface area contributed by atoms with E-state index in [9.17, 15) is 20.4 Å². The molecule has 0 unspecified atom stereocenters. The minimum Gasteiger partial charge on any atom is -0.394 e. The highest BCUT2D eigenvalue weighted by Crippen LogP contribution is 2.36. The normalized spacial score (nSPS) is 34.3. The van der Waals surface area contributed by atoms with Gasteiger partial charge in [-0.15, -0.1) is 0 Å². The van der Waals surface area contributed by atoms with Gasteiger partial charge in [-0.2, -0.15) is 0 Å². The van der Waals surface area contributed by atoms with Crippen molar-refractivity contribution in [3.05, 3.63) is 29.3 Å². The van der Waals surface area contributed by atoms with E-state index in [0.717, 1.165) is 37.2 Å². The molecule has 2 heterocycles. The largest absolute Gasteiger partial charge is 0.394 e. The van der Waals surface area contributed by atoms with Crippen molar-refractivity contribution < 1.29 is 25.2 Å². The standard InChI is InChI=1S/C17H25NO5/c1-2-18-7-3-4-10-5-6-11(8-12(10)18)17-16(22)15(21)14(20)13(9-19)23-17/h5-6,8,13-17,19-22H,2-4,7,9H2,1H3/t13-,14-,15+,16-,17+/m1/s1. The Kier molecular flexibility index (Phi) is 4.89. The van der Waals surface area contributed by atoms with E-state index in [-0.39, 0.29) is 0 Å². The highest BCUT2D eigenvalue weighted by atomic mass is 16.5. The molecule has 2 aliphatic rings. The van der Waals surface area contributed by atoms with Crippen molar-refractivity contribution in [2.45, 2.75) is 50.3 Å². The molecule has 6 nitrogen and oxygen atoms in total. The zero-order chi connectivity index (χ0) is 16.6. The van der Waals surface area contributed by atoms with Crippen molar-refractivity contribution in [1.29, 1.82) is 0 Å². The van der Waals surface area contributed by atoms with Gasteiger partial charge in [0, 0.05) is 18.8 Å². The van der Waals surface area contributed by atoms with Crippen LogP contribution in [0.25, 0.3) is 0 Å². The molecule has 1 saturated heterocycles. The molecule has 2 aliphatic heterocycles. The first-order chi connectivity index (χ1) is 11.1. The summed E-state index contributed by atoms with van der Waals surface area (Å²) < 4.78 is 5.65. The monoisotopic (exact) mass is 323 g/mol. The lowest BCUT2D eigenvalue weighted by atomic mass is 9.89. The molecule has 0 saturated carbocycles. The molecule has 0 aromatic heterocycles. The van der Waals surface area contributed by atoms with E-state index in [1.54, 1.807) is 0 Å². The molecule has 0 aliphatic carbocycles. The third kappa shape index (κ3) is 2.97. The summed E-state index contributed by atoms with van der Waals surface area (Å²) >= 11 is 0. The first kappa shape index (κ1) is 16.7. The highest BCUT2D eigenvalue weighted by molar-refractivity contribution is 5.57. The molecule has 1 aromatic rings. The van der Waals surface area contributed by atoms with Crippen LogP contribution in [-0.4, -0.2) is 64.5 Å². The Morgan fingerprint density at radius 3 is 2.65 bits per heavy atom. The molecular weight excluding hydrogens is 298 g/mol. The number of hydrogen-bond acceptors (Lipinski definition) is 6. The summed E-state index contributed by atoms with van der Waals surface area (Å²) in [5.41, 5.74) is 3.15. The van der Waals surface area contributed by atoms with Gasteiger partial charge in [-0.05, 0) is 37.0 Å². The quantitative estimate of drug-likeness (QED) is 0.624. The van der Waals surface area contributed by atoms with Crippen LogP contribution in [0.5, 0.6) is 0 Å². The van der Waals surface area contributed by atoms with Crippen LogP contribution < -0.4 is 4.90 Å². The van der Waals surface area contributed by atoms with Crippen molar-refractivity contribution >= 4 is 5.69 Å². The van der Waals surface area contributed by atoms with Gasteiger partial charge >= 0.3 is 0 Å². The maximum Gasteiger partial charge on any atom is 0.113 e. The van der Waals surface area contributed by atoms with Gasteiger partial charge in [0.05, 0.1) is 6.61 Å². The summed E-state index contributed by atoms with van der Waals surface area (Å²) in [6.07, 6.45) is -3.39. The van der Waals surface area contributed by atoms with Crippen LogP contribution in [0.1, 0.15) is 30.6 Å². The number of anilines is 1. The van der Waals surface area contributed by atoms with Gasteiger partial charge in [-0.25, -0.2) is 0 Å². The molecule has 0 amide bonds. The van der Waals surface area contributed by atoms with Crippen molar-refractivity contribution in [3.63, 3.8) is 0 Å². The summed E-state index contributed by atoms with van der Waals surface area (Å²) in [7, 11) is 0. The second-order valence-electron chi connectivity index (χ2n) is 6.32. The maximum atomic E-state index is 10.3. The number of hydrogen-bond donors (Lipinski definition) is 4. The first-order valence-electron chi connectivity index (χ1n) is 8.25. The fourth-order valence-corrected chi connectivity index (χ4v) is 3.55. The van der Waals surface area contributed by atoms with Crippen LogP contribution in [0.2, 0.25) is 0 Å². The minimum atomic E-state index is -1.34. The van der Waals surface area contributed by atoms with Crippen molar-refractivity contribution in [2.75, 3.05) is 24.6 Å². The fraction of sp³-hybridized carbons (Fsp3) is 0.647. The molecule has 4 N–H and O–H groups in total. The number of aryl methyl sites for hydroxylation is 1. The van der Waals surface area contributed by atoms with Gasteiger partial charge in [0.25, 0.3) is 0 Å². The first-order valence-corrected chi connectivity index (χ1v) is 8.25. The van der Waals surface area contributed by atoms with E-state index < -0.39 is 37.1 Å². The van der Waals surface area contributed by atoms with Gasteiger partial charge in [0.2, 0.25) is 0 Å². The van der Waals surface area contributed by atoms with E-state index in [2.05, 4.69) is 11.8 Å². The predicted octanol–water partition coefficient (Wildman–Crippen LogP) is -0.0260. The van der Waals surface area contributed by atoms with Crippen molar-refractivity contribution in [3.8, 4) is 0 Å². The lowest BCUT2D eigenvalue weighted by molar-refractivity contribution is -0.231. The number of aliphatic hydroxyl groups is 4. The summed E-state index contributed by atoms with van der Waals surface area (Å²) in [6, 6.07) is 5.92. The summed E-state index contributed by atoms with van der Waals surface area (Å²) in [4.78, 5) is 2.28. The molecule has 1 fully saturated rings. The van der Waals surface area contributed by atoms with E-state index in [1.165, 1.54) is 5.56 Å². The average Bonchev–Trinajstić information content (AvgIpc) is 2.59. The molecule has 1 aromatic carbocycles. The molecule has 128 valence electrons. The molecule has 6 heteroatoms. The van der Waals surface area contributed by atoms with E-state index in [1.807, 2.05) is 18.2 Å². The molecular formula is C17H25NO5. The fourth-order valence-electron chi connectivity index (χ4n) is 3.55. The lowest BCUT2D eigenvalue weighted by Gasteiger charge is -2.40. The molecule has 23 heavy (non-hydrogen) atoms. The van der Waals surface area contributed by atoms with Gasteiger partial charge in [-0.3, -0.25) is 0 Å². The SMILES string of the molecule is CCN1CCCc2ccc([C@@H]3O[C@H](CO)[C@@H](O)[C@H](O)[C@H]3O)cc21. The number of fused-ring (bicyclic) bond motifs is 1. The Balaban J connectivity index is 1.91. The lowest BCUT2D eigenvalue weighted by Crippen LogP contribution is -2.55. The zero-order valence-corrected chi connectivity index (χ0v) is 13.3. The van der Waals surface area contributed by atoms with Crippen molar-refractivity contribution in [2.24, 2.45) is 0 Å². The topological polar surface area (TPSA) is 93.4 Å². The van der Waals surface area contributed by atoms with Gasteiger partial charge in [-0.1, -0.05) is 12.1 Å². The third-order valence-electron chi connectivity index (χ3n) is 4.93. The Labute approximate surface area is 135 Å². The number of benzene rings is 1. The average molecular weight is 323 g/mol. The maximum absolute atomic E-state index is 10.3. The van der Waals surface area contributed by atoms with E-state index >= 15 is 0 Å². The highest BCUT2D eigenvalue weighted by Gasteiger charge is 2.44. The van der Waals surface area contributed by atoms with Gasteiger partial charge in [0.1, 0.15) is 30.5 Å². The summed E-state index contributed by atoms with van der Waals surface area (Å²) in [5, 5.41) is 39.4. The smallest absolute Gasteiger partial charge is 0.113 e. The minimum absolute atomic E-state index is 0.409. The second kappa shape index (κ2) is 6.75. The Hall–Kier alpha value is -1.18. The molecule has 0 bridgehead atoms. The molecule has 0 spiro atoms. The Morgan fingerprint density at radius 2 is 1.96 bits per heavy atom. The predicted molar refractivity (Wildman–Crippen MR) is 85.4 cm³/mol. The van der Waals surface area contributed by atoms with Crippen LogP contribution in [0.15, 0.2) is 18.2 Å². The zero-order valence-electron chi connectivity index (χ0n) is 13.3. The van der Waals surface area contributed by atoms with Gasteiger partial charge < -0.3 is 30.1 Å². The molecule has 3 rings (SSSR count). The number of ether oxygens (including phenoxy) is 1. The second-order valence-corrected chi connectivity index (χ2v) is 6.32. The summed E-state index contributed by atoms with van der Waals surface area (Å²) in [5.74, 6) is 0. The molecule has 5 atom stereocenters. The Morgan fingerprint density at radius 1 is 1.17 bits per heavy atom. The van der Waals surface area contributed by atoms with Crippen molar-refractivity contribution in [1.82, 2.24) is 0 Å². The van der Waals surface area contributed by atoms with Crippen LogP contribution in [0.3, 0.4) is 0 Å². The van der Waals surface area contributed by atoms with Gasteiger partial charge in [0.15, 0.2) is 0 Å². The van der Waals surface area contributed by atoms with Crippen LogP contribution in [0.4, 0.5) is 5.69 Å². The third-order valence-corrected chi connectivity index (χ3v) is 4.93. The van der Waals surface area contributed by atoms with Crippen LogP contribution in [-0.2, 0) is 11.2 Å². The number of rotatable bonds is 3. The van der Waals surface area contributed by atoms with E-state index in [4.69, 9.17) is 4.74 Å². The van der Waals surface area contributed by atoms with Crippen LogP contribution >= 0.6 is 0 Å². The van der Waals surface area contributed by atoms with Crippen LogP contribution in [0, 0.1) is 0 Å². The summed E-state index contributed by atoms with van der Waals surface area (Å²) in [6.45, 7) is 3.61. The number of aliphatic hydroxyl groups excluding tert-OH is 4. The Bertz CT molecular complexity index is 550. The number of nitrogens with zero attached hydrogens (tertiary/aromatic N) is 1.